The van der Waals surface area contributed by atoms with Crippen LogP contribution in [0.1, 0.15) is 62.5 Å². The van der Waals surface area contributed by atoms with Gasteiger partial charge in [-0.25, -0.2) is 9.78 Å². The molecule has 1 aliphatic rings. The van der Waals surface area contributed by atoms with Crippen molar-refractivity contribution in [2.24, 2.45) is 0 Å². The summed E-state index contributed by atoms with van der Waals surface area (Å²) in [7, 11) is 1.84. The predicted molar refractivity (Wildman–Crippen MR) is 175 cm³/mol. The molecule has 2 N–H and O–H groups in total. The van der Waals surface area contributed by atoms with Gasteiger partial charge in [0.15, 0.2) is 11.5 Å². The predicted octanol–water partition coefficient (Wildman–Crippen LogP) is 6.18. The normalized spacial score (nSPS) is 13.8. The maximum absolute atomic E-state index is 13.1. The number of carbonyl (C=O) groups excluding carboxylic acids is 2. The molecule has 0 saturated carbocycles. The van der Waals surface area contributed by atoms with E-state index in [1.165, 1.54) is 0 Å². The van der Waals surface area contributed by atoms with Crippen LogP contribution in [0, 0.1) is 0 Å². The molecule has 4 aromatic rings. The summed E-state index contributed by atoms with van der Waals surface area (Å²) in [4.78, 5) is 36.1. The Hall–Kier alpha value is -4.84. The lowest BCUT2D eigenvalue weighted by atomic mass is 9.93. The van der Waals surface area contributed by atoms with Crippen molar-refractivity contribution < 1.29 is 28.5 Å². The number of anilines is 1. The van der Waals surface area contributed by atoms with Gasteiger partial charge in [0.2, 0.25) is 0 Å². The number of hydrogen-bond acceptors (Lipinski definition) is 9. The van der Waals surface area contributed by atoms with Crippen molar-refractivity contribution in [3.05, 3.63) is 72.3 Å². The van der Waals surface area contributed by atoms with Crippen molar-refractivity contribution in [3.63, 3.8) is 0 Å². The van der Waals surface area contributed by atoms with Crippen molar-refractivity contribution in [2.45, 2.75) is 52.1 Å². The van der Waals surface area contributed by atoms with Gasteiger partial charge in [0, 0.05) is 74.5 Å². The molecule has 5 rings (SSSR count). The van der Waals surface area contributed by atoms with Crippen molar-refractivity contribution in [1.82, 2.24) is 19.5 Å². The number of piperidine rings is 1. The smallest absolute Gasteiger partial charge is 0.410 e. The fourth-order valence-electron chi connectivity index (χ4n) is 5.21. The minimum atomic E-state index is -0.521. The highest BCUT2D eigenvalue weighted by Crippen LogP contribution is 2.36. The average molecular weight is 631 g/mol. The van der Waals surface area contributed by atoms with E-state index < -0.39 is 5.60 Å². The molecule has 4 heterocycles. The molecule has 0 unspecified atom stereocenters. The first-order valence-corrected chi connectivity index (χ1v) is 15.6. The Kier molecular flexibility index (Phi) is 10.3. The summed E-state index contributed by atoms with van der Waals surface area (Å²) in [6, 6.07) is 12.8. The Morgan fingerprint density at radius 2 is 1.80 bits per heavy atom. The molecule has 0 spiro atoms. The maximum Gasteiger partial charge on any atom is 0.410 e. The van der Waals surface area contributed by atoms with Gasteiger partial charge in [-0.1, -0.05) is 0 Å². The van der Waals surface area contributed by atoms with Crippen LogP contribution < -0.4 is 20.2 Å². The summed E-state index contributed by atoms with van der Waals surface area (Å²) in [6.45, 7) is 10.2. The summed E-state index contributed by atoms with van der Waals surface area (Å²) < 4.78 is 25.1. The average Bonchev–Trinajstić information content (AvgIpc) is 3.44. The van der Waals surface area contributed by atoms with Crippen LogP contribution in [0.4, 0.5) is 10.6 Å². The van der Waals surface area contributed by atoms with Crippen LogP contribution in [0.3, 0.4) is 0 Å². The molecule has 0 radical (unpaired) electrons. The van der Waals surface area contributed by atoms with Crippen LogP contribution in [0.5, 0.6) is 17.2 Å². The number of fused-ring (bicyclic) bond motifs is 1. The Balaban J connectivity index is 1.21. The second kappa shape index (κ2) is 14.5. The Labute approximate surface area is 269 Å². The van der Waals surface area contributed by atoms with Crippen molar-refractivity contribution >= 4 is 28.7 Å². The van der Waals surface area contributed by atoms with E-state index >= 15 is 0 Å². The van der Waals surface area contributed by atoms with Crippen LogP contribution >= 0.6 is 0 Å². The molecule has 46 heavy (non-hydrogen) atoms. The Morgan fingerprint density at radius 1 is 1.00 bits per heavy atom. The van der Waals surface area contributed by atoms with E-state index in [2.05, 4.69) is 20.7 Å². The third kappa shape index (κ3) is 8.25. The lowest BCUT2D eigenvalue weighted by molar-refractivity contribution is 0.0204. The number of hydrogen-bond donors (Lipinski definition) is 2. The van der Waals surface area contributed by atoms with Crippen LogP contribution in [0.15, 0.2) is 61.1 Å². The number of nitrogens with zero attached hydrogens (tertiary/aromatic N) is 4. The van der Waals surface area contributed by atoms with Crippen molar-refractivity contribution in [3.8, 4) is 17.2 Å². The zero-order chi connectivity index (χ0) is 32.7. The topological polar surface area (TPSA) is 129 Å². The molecular weight excluding hydrogens is 588 g/mol. The molecule has 12 nitrogen and oxygen atoms in total. The van der Waals surface area contributed by atoms with E-state index in [0.717, 1.165) is 29.4 Å². The first-order valence-electron chi connectivity index (χ1n) is 15.6. The second-order valence-corrected chi connectivity index (χ2v) is 12.0. The number of amides is 2. The second-order valence-electron chi connectivity index (χ2n) is 12.0. The van der Waals surface area contributed by atoms with E-state index in [9.17, 15) is 9.59 Å². The fraction of sp³-hybridized carbons (Fsp3) is 0.412. The van der Waals surface area contributed by atoms with Gasteiger partial charge in [0.25, 0.3) is 5.91 Å². The molecule has 1 saturated heterocycles. The van der Waals surface area contributed by atoms with Crippen LogP contribution in [-0.4, -0.2) is 77.1 Å². The highest BCUT2D eigenvalue weighted by atomic mass is 16.6. The first kappa shape index (κ1) is 32.6. The number of aromatic nitrogens is 3. The number of nitrogens with one attached hydrogen (secondary N) is 2. The molecular formula is C34H42N6O6. The summed E-state index contributed by atoms with van der Waals surface area (Å²) in [5.41, 5.74) is 4.85. The molecule has 3 aromatic heterocycles. The molecule has 0 aliphatic carbocycles. The zero-order valence-corrected chi connectivity index (χ0v) is 27.0. The monoisotopic (exact) mass is 630 g/mol. The van der Waals surface area contributed by atoms with Crippen LogP contribution in [0.25, 0.3) is 10.9 Å². The molecule has 2 amide bonds. The summed E-state index contributed by atoms with van der Waals surface area (Å²) in [6.07, 6.45) is 6.34. The van der Waals surface area contributed by atoms with Gasteiger partial charge in [-0.15, -0.1) is 0 Å². The van der Waals surface area contributed by atoms with Gasteiger partial charge >= 0.3 is 6.09 Å². The number of rotatable bonds is 11. The van der Waals surface area contributed by atoms with Crippen molar-refractivity contribution in [1.29, 1.82) is 0 Å². The van der Waals surface area contributed by atoms with Crippen molar-refractivity contribution in [2.75, 3.05) is 50.7 Å². The molecule has 0 bridgehead atoms. The third-order valence-corrected chi connectivity index (χ3v) is 7.50. The minimum Gasteiger partial charge on any atom is -0.487 e. The van der Waals surface area contributed by atoms with E-state index in [-0.39, 0.29) is 17.9 Å². The number of ether oxygens (including phenoxy) is 4. The third-order valence-electron chi connectivity index (χ3n) is 7.50. The fourth-order valence-corrected chi connectivity index (χ4v) is 5.21. The quantitative estimate of drug-likeness (QED) is 0.187. The van der Waals surface area contributed by atoms with Crippen LogP contribution in [0.2, 0.25) is 0 Å². The Bertz CT molecular complexity index is 1640. The zero-order valence-electron chi connectivity index (χ0n) is 27.0. The molecule has 1 aliphatic heterocycles. The number of pyridine rings is 2. The van der Waals surface area contributed by atoms with Crippen LogP contribution in [-0.2, 0) is 9.47 Å². The maximum atomic E-state index is 13.1. The van der Waals surface area contributed by atoms with Gasteiger partial charge in [0.05, 0.1) is 17.7 Å². The minimum absolute atomic E-state index is 0.204. The summed E-state index contributed by atoms with van der Waals surface area (Å²) in [5, 5.41) is 3.80. The number of carbonyl (C=O) groups is 2. The standard InChI is InChI=1S/C34H42N6O6/c1-6-43-17-18-44-29-21-28-24(12-16-40(28)35-5)19-30(29)45-26-9-13-36-31(20-26)38-32(41)25-7-8-27(37-22-25)23-10-14-39(15-11-23)33(42)46-34(2,3)4/h7-9,12-13,16,19-23,35H,6,10-11,14-15,17-18H2,1-5H3,(H,36,38,41). The van der Waals surface area contributed by atoms with Gasteiger partial charge in [0.1, 0.15) is 23.8 Å². The molecule has 1 aromatic carbocycles. The largest absolute Gasteiger partial charge is 0.487 e. The summed E-state index contributed by atoms with van der Waals surface area (Å²) >= 11 is 0. The lowest BCUT2D eigenvalue weighted by Gasteiger charge is -2.33. The van der Waals surface area contributed by atoms with Gasteiger partial charge in [-0.2, -0.15) is 0 Å². The molecule has 1 fully saturated rings. The summed E-state index contributed by atoms with van der Waals surface area (Å²) in [5.74, 6) is 1.78. The molecule has 12 heteroatoms. The van der Waals surface area contributed by atoms with E-state index in [1.54, 1.807) is 35.5 Å². The van der Waals surface area contributed by atoms with E-state index in [0.29, 0.717) is 61.5 Å². The van der Waals surface area contributed by atoms with Gasteiger partial charge in [-0.05, 0) is 70.9 Å². The number of benzene rings is 1. The highest BCUT2D eigenvalue weighted by molar-refractivity contribution is 6.03. The first-order chi connectivity index (χ1) is 22.1. The van der Waals surface area contributed by atoms with Gasteiger partial charge < -0.3 is 34.6 Å². The van der Waals surface area contributed by atoms with Gasteiger partial charge in [-0.3, -0.25) is 14.5 Å². The number of likely N-dealkylation sites (tertiary alicyclic amines) is 1. The van der Waals surface area contributed by atoms with E-state index in [1.807, 2.05) is 69.9 Å². The molecule has 0 atom stereocenters. The lowest BCUT2D eigenvalue weighted by Crippen LogP contribution is -2.41. The highest BCUT2D eigenvalue weighted by Gasteiger charge is 2.28. The molecule has 244 valence electrons. The SMILES string of the molecule is CCOCCOc1cc2c(ccn2NC)cc1Oc1ccnc(NC(=O)c2ccc(C3CCN(C(=O)OC(C)(C)C)CC3)nc2)c1. The Morgan fingerprint density at radius 3 is 2.50 bits per heavy atom. The van der Waals surface area contributed by atoms with E-state index in [4.69, 9.17) is 18.9 Å².